The number of nitrogens with zero attached hydrogens (tertiary/aromatic N) is 2. The molecule has 0 aliphatic heterocycles. The zero-order chi connectivity index (χ0) is 10.4. The molecular weight excluding hydrogens is 228 g/mol. The summed E-state index contributed by atoms with van der Waals surface area (Å²) in [6.45, 7) is 2.24. The molecule has 1 atom stereocenters. The Morgan fingerprint density at radius 2 is 2.40 bits per heavy atom. The van der Waals surface area contributed by atoms with Gasteiger partial charge >= 0.3 is 0 Å². The highest BCUT2D eigenvalue weighted by atomic mass is 35.5. The second kappa shape index (κ2) is 3.42. The van der Waals surface area contributed by atoms with E-state index < -0.39 is 0 Å². The highest BCUT2D eigenvalue weighted by molar-refractivity contribution is 7.19. The van der Waals surface area contributed by atoms with Gasteiger partial charge in [-0.25, -0.2) is 9.97 Å². The number of fused-ring (bicyclic) bond motifs is 3. The van der Waals surface area contributed by atoms with E-state index in [1.165, 1.54) is 29.7 Å². The van der Waals surface area contributed by atoms with E-state index in [4.69, 9.17) is 11.6 Å². The van der Waals surface area contributed by atoms with E-state index in [0.717, 1.165) is 10.2 Å². The van der Waals surface area contributed by atoms with Gasteiger partial charge in [0.25, 0.3) is 0 Å². The SMILES string of the molecule is CC[C@H]1CCc2sc3ncnc(Cl)c3c21. The average Bonchev–Trinajstić information content (AvgIpc) is 2.75. The van der Waals surface area contributed by atoms with Crippen molar-refractivity contribution in [3.05, 3.63) is 21.9 Å². The molecule has 1 aliphatic carbocycles. The molecule has 0 saturated heterocycles. The predicted octanol–water partition coefficient (Wildman–Crippen LogP) is 3.78. The Morgan fingerprint density at radius 1 is 1.53 bits per heavy atom. The van der Waals surface area contributed by atoms with Crippen LogP contribution in [-0.4, -0.2) is 9.97 Å². The van der Waals surface area contributed by atoms with E-state index in [2.05, 4.69) is 16.9 Å². The molecule has 0 radical (unpaired) electrons. The zero-order valence-electron chi connectivity index (χ0n) is 8.46. The fraction of sp³-hybridized carbons (Fsp3) is 0.455. The second-order valence-corrected chi connectivity index (χ2v) is 5.37. The van der Waals surface area contributed by atoms with Crippen LogP contribution < -0.4 is 0 Å². The third kappa shape index (κ3) is 1.30. The Hall–Kier alpha value is -0.670. The molecule has 0 fully saturated rings. The van der Waals surface area contributed by atoms with Crippen LogP contribution in [0.4, 0.5) is 0 Å². The topological polar surface area (TPSA) is 25.8 Å². The molecule has 0 spiro atoms. The van der Waals surface area contributed by atoms with Gasteiger partial charge in [0.2, 0.25) is 0 Å². The summed E-state index contributed by atoms with van der Waals surface area (Å²) in [5.41, 5.74) is 1.43. The first kappa shape index (κ1) is 9.55. The molecule has 78 valence electrons. The van der Waals surface area contributed by atoms with Crippen molar-refractivity contribution in [1.29, 1.82) is 0 Å². The number of halogens is 1. The third-order valence-corrected chi connectivity index (χ3v) is 4.64. The molecule has 4 heteroatoms. The van der Waals surface area contributed by atoms with E-state index in [-0.39, 0.29) is 0 Å². The summed E-state index contributed by atoms with van der Waals surface area (Å²) in [4.78, 5) is 10.9. The quantitative estimate of drug-likeness (QED) is 0.707. The molecule has 2 aromatic heterocycles. The molecule has 0 bridgehead atoms. The van der Waals surface area contributed by atoms with Gasteiger partial charge in [-0.1, -0.05) is 18.5 Å². The maximum atomic E-state index is 6.16. The predicted molar refractivity (Wildman–Crippen MR) is 63.8 cm³/mol. The van der Waals surface area contributed by atoms with Crippen LogP contribution in [0, 0.1) is 0 Å². The number of hydrogen-bond donors (Lipinski definition) is 0. The van der Waals surface area contributed by atoms with Crippen LogP contribution in [0.1, 0.15) is 36.1 Å². The Morgan fingerprint density at radius 3 is 3.20 bits per heavy atom. The van der Waals surface area contributed by atoms with Gasteiger partial charge in [-0.15, -0.1) is 11.3 Å². The number of hydrogen-bond acceptors (Lipinski definition) is 3. The Kier molecular flexibility index (Phi) is 2.18. The lowest BCUT2D eigenvalue weighted by Gasteiger charge is -2.06. The van der Waals surface area contributed by atoms with Gasteiger partial charge in [-0.3, -0.25) is 0 Å². The summed E-state index contributed by atoms with van der Waals surface area (Å²) in [5, 5.41) is 1.74. The normalized spacial score (nSPS) is 19.7. The summed E-state index contributed by atoms with van der Waals surface area (Å²) in [6, 6.07) is 0. The molecule has 3 rings (SSSR count). The standard InChI is InChI=1S/C11H11ClN2S/c1-2-6-3-4-7-8(6)9-10(12)13-5-14-11(9)15-7/h5-6H,2-4H2,1H3/t6-/m0/s1. The van der Waals surface area contributed by atoms with Crippen LogP contribution in [0.25, 0.3) is 10.2 Å². The van der Waals surface area contributed by atoms with Crippen LogP contribution >= 0.6 is 22.9 Å². The molecule has 0 unspecified atom stereocenters. The highest BCUT2D eigenvalue weighted by Gasteiger charge is 2.27. The van der Waals surface area contributed by atoms with Crippen molar-refractivity contribution in [1.82, 2.24) is 9.97 Å². The van der Waals surface area contributed by atoms with Gasteiger partial charge < -0.3 is 0 Å². The molecule has 0 saturated carbocycles. The third-order valence-electron chi connectivity index (χ3n) is 3.18. The molecular formula is C11H11ClN2S. The molecule has 0 aromatic carbocycles. The van der Waals surface area contributed by atoms with Crippen LogP contribution in [0.3, 0.4) is 0 Å². The molecule has 2 aromatic rings. The van der Waals surface area contributed by atoms with Crippen molar-refractivity contribution in [2.45, 2.75) is 32.1 Å². The van der Waals surface area contributed by atoms with E-state index in [9.17, 15) is 0 Å². The van der Waals surface area contributed by atoms with E-state index in [0.29, 0.717) is 11.1 Å². The monoisotopic (exact) mass is 238 g/mol. The number of aryl methyl sites for hydroxylation is 1. The van der Waals surface area contributed by atoms with Crippen molar-refractivity contribution in [2.24, 2.45) is 0 Å². The largest absolute Gasteiger partial charge is 0.225 e. The van der Waals surface area contributed by atoms with E-state index >= 15 is 0 Å². The van der Waals surface area contributed by atoms with Crippen molar-refractivity contribution in [3.63, 3.8) is 0 Å². The Labute approximate surface area is 97.3 Å². The van der Waals surface area contributed by atoms with Crippen LogP contribution in [-0.2, 0) is 6.42 Å². The van der Waals surface area contributed by atoms with Crippen LogP contribution in [0.15, 0.2) is 6.33 Å². The van der Waals surface area contributed by atoms with Gasteiger partial charge in [0.05, 0.1) is 5.39 Å². The van der Waals surface area contributed by atoms with Crippen molar-refractivity contribution in [2.75, 3.05) is 0 Å². The zero-order valence-corrected chi connectivity index (χ0v) is 10.0. The number of aromatic nitrogens is 2. The van der Waals surface area contributed by atoms with Gasteiger partial charge in [0.1, 0.15) is 16.3 Å². The fourth-order valence-corrected chi connectivity index (χ4v) is 3.97. The van der Waals surface area contributed by atoms with Crippen molar-refractivity contribution in [3.8, 4) is 0 Å². The molecule has 0 N–H and O–H groups in total. The van der Waals surface area contributed by atoms with Crippen molar-refractivity contribution < 1.29 is 0 Å². The minimum Gasteiger partial charge on any atom is -0.225 e. The first-order valence-electron chi connectivity index (χ1n) is 5.23. The lowest BCUT2D eigenvalue weighted by molar-refractivity contribution is 0.659. The molecule has 0 amide bonds. The first-order valence-corrected chi connectivity index (χ1v) is 6.42. The van der Waals surface area contributed by atoms with Crippen molar-refractivity contribution >= 4 is 33.2 Å². The average molecular weight is 239 g/mol. The van der Waals surface area contributed by atoms with Crippen LogP contribution in [0.5, 0.6) is 0 Å². The fourth-order valence-electron chi connectivity index (χ4n) is 2.44. The second-order valence-electron chi connectivity index (χ2n) is 3.93. The summed E-state index contributed by atoms with van der Waals surface area (Å²) < 4.78 is 0. The smallest absolute Gasteiger partial charge is 0.141 e. The lowest BCUT2D eigenvalue weighted by Crippen LogP contribution is -1.91. The Bertz CT molecular complexity index is 521. The minimum atomic E-state index is 0.623. The Balaban J connectivity index is 2.34. The highest BCUT2D eigenvalue weighted by Crippen LogP contribution is 2.45. The summed E-state index contributed by atoms with van der Waals surface area (Å²) >= 11 is 7.94. The summed E-state index contributed by atoms with van der Waals surface area (Å²) in [5.74, 6) is 0.664. The number of thiophene rings is 1. The summed E-state index contributed by atoms with van der Waals surface area (Å²) in [7, 11) is 0. The van der Waals surface area contributed by atoms with Crippen LogP contribution in [0.2, 0.25) is 5.15 Å². The maximum absolute atomic E-state index is 6.16. The summed E-state index contributed by atoms with van der Waals surface area (Å²) in [6.07, 6.45) is 5.19. The molecule has 15 heavy (non-hydrogen) atoms. The van der Waals surface area contributed by atoms with Gasteiger partial charge in [-0.05, 0) is 30.7 Å². The lowest BCUT2D eigenvalue weighted by atomic mass is 9.99. The maximum Gasteiger partial charge on any atom is 0.141 e. The minimum absolute atomic E-state index is 0.623. The van der Waals surface area contributed by atoms with Gasteiger partial charge in [0, 0.05) is 4.88 Å². The molecule has 2 nitrogen and oxygen atoms in total. The van der Waals surface area contributed by atoms with E-state index in [1.54, 1.807) is 17.7 Å². The van der Waals surface area contributed by atoms with Gasteiger partial charge in [0.15, 0.2) is 0 Å². The van der Waals surface area contributed by atoms with Gasteiger partial charge in [-0.2, -0.15) is 0 Å². The molecule has 2 heterocycles. The number of rotatable bonds is 1. The first-order chi connectivity index (χ1) is 7.31. The van der Waals surface area contributed by atoms with E-state index in [1.807, 2.05) is 0 Å². The molecule has 1 aliphatic rings.